The standard InChI is InChI=1S/C8H8N2O.C2H6/c1-6-4-10-5-7(11)2-3-8(10)9-6;1-2/h2-5,11H,1H3;1-2H3. The Kier molecular flexibility index (Phi) is 2.90. The summed E-state index contributed by atoms with van der Waals surface area (Å²) in [6.07, 6.45) is 3.50. The first-order chi connectivity index (χ1) is 6.25. The van der Waals surface area contributed by atoms with Crippen LogP contribution in [0.5, 0.6) is 5.75 Å². The minimum atomic E-state index is 0.259. The van der Waals surface area contributed by atoms with E-state index in [2.05, 4.69) is 4.98 Å². The molecule has 0 fully saturated rings. The van der Waals surface area contributed by atoms with E-state index in [1.807, 2.05) is 27.0 Å². The van der Waals surface area contributed by atoms with Gasteiger partial charge in [-0.05, 0) is 19.1 Å². The second kappa shape index (κ2) is 3.94. The second-order valence-electron chi connectivity index (χ2n) is 2.54. The van der Waals surface area contributed by atoms with Crippen LogP contribution in [0.2, 0.25) is 0 Å². The third kappa shape index (κ3) is 1.99. The summed E-state index contributed by atoms with van der Waals surface area (Å²) in [5.74, 6) is 0.259. The Balaban J connectivity index is 0.000000396. The number of imidazole rings is 1. The van der Waals surface area contributed by atoms with Crippen molar-refractivity contribution < 1.29 is 5.11 Å². The summed E-state index contributed by atoms with van der Waals surface area (Å²) in [7, 11) is 0. The van der Waals surface area contributed by atoms with Crippen molar-refractivity contribution in [3.05, 3.63) is 30.2 Å². The van der Waals surface area contributed by atoms with Gasteiger partial charge in [0.2, 0.25) is 0 Å². The summed E-state index contributed by atoms with van der Waals surface area (Å²) in [5, 5.41) is 9.09. The molecule has 0 saturated heterocycles. The maximum absolute atomic E-state index is 9.09. The number of fused-ring (bicyclic) bond motifs is 1. The van der Waals surface area contributed by atoms with Crippen LogP contribution >= 0.6 is 0 Å². The smallest absolute Gasteiger partial charge is 0.137 e. The highest BCUT2D eigenvalue weighted by Crippen LogP contribution is 2.10. The zero-order chi connectivity index (χ0) is 9.84. The van der Waals surface area contributed by atoms with Gasteiger partial charge in [0.1, 0.15) is 11.4 Å². The molecule has 2 aromatic heterocycles. The van der Waals surface area contributed by atoms with Crippen LogP contribution in [-0.4, -0.2) is 14.5 Å². The fourth-order valence-electron chi connectivity index (χ4n) is 1.11. The van der Waals surface area contributed by atoms with E-state index < -0.39 is 0 Å². The van der Waals surface area contributed by atoms with E-state index in [1.165, 1.54) is 0 Å². The Morgan fingerprint density at radius 2 is 1.92 bits per heavy atom. The fourth-order valence-corrected chi connectivity index (χ4v) is 1.11. The van der Waals surface area contributed by atoms with Crippen LogP contribution in [-0.2, 0) is 0 Å². The minimum absolute atomic E-state index is 0.259. The van der Waals surface area contributed by atoms with Gasteiger partial charge < -0.3 is 9.51 Å². The first-order valence-electron chi connectivity index (χ1n) is 4.40. The number of pyridine rings is 1. The number of rotatable bonds is 0. The van der Waals surface area contributed by atoms with E-state index in [0.29, 0.717) is 0 Å². The van der Waals surface area contributed by atoms with E-state index >= 15 is 0 Å². The number of hydrogen-bond donors (Lipinski definition) is 1. The lowest BCUT2D eigenvalue weighted by atomic mass is 10.4. The molecule has 70 valence electrons. The molecule has 0 unspecified atom stereocenters. The van der Waals surface area contributed by atoms with Gasteiger partial charge in [-0.3, -0.25) is 0 Å². The van der Waals surface area contributed by atoms with Crippen molar-refractivity contribution in [1.82, 2.24) is 9.38 Å². The summed E-state index contributed by atoms with van der Waals surface area (Å²) >= 11 is 0. The van der Waals surface area contributed by atoms with E-state index in [9.17, 15) is 0 Å². The van der Waals surface area contributed by atoms with Gasteiger partial charge in [-0.15, -0.1) is 0 Å². The largest absolute Gasteiger partial charge is 0.506 e. The molecule has 0 spiro atoms. The van der Waals surface area contributed by atoms with Gasteiger partial charge in [0, 0.05) is 6.20 Å². The zero-order valence-electron chi connectivity index (χ0n) is 8.15. The number of aromatic hydroxyl groups is 1. The molecule has 0 atom stereocenters. The third-order valence-corrected chi connectivity index (χ3v) is 1.56. The maximum Gasteiger partial charge on any atom is 0.137 e. The zero-order valence-corrected chi connectivity index (χ0v) is 8.15. The number of aromatic nitrogens is 2. The average molecular weight is 178 g/mol. The quantitative estimate of drug-likeness (QED) is 0.672. The third-order valence-electron chi connectivity index (χ3n) is 1.56. The van der Waals surface area contributed by atoms with Crippen LogP contribution in [0.3, 0.4) is 0 Å². The predicted octanol–water partition coefficient (Wildman–Crippen LogP) is 2.37. The molecule has 0 saturated carbocycles. The minimum Gasteiger partial charge on any atom is -0.506 e. The number of nitrogens with zero attached hydrogens (tertiary/aromatic N) is 2. The van der Waals surface area contributed by atoms with Crippen molar-refractivity contribution in [2.75, 3.05) is 0 Å². The van der Waals surface area contributed by atoms with Crippen LogP contribution in [0.1, 0.15) is 19.5 Å². The highest BCUT2D eigenvalue weighted by Gasteiger charge is 1.96. The molecule has 3 nitrogen and oxygen atoms in total. The second-order valence-corrected chi connectivity index (χ2v) is 2.54. The molecule has 0 aliphatic rings. The van der Waals surface area contributed by atoms with Crippen molar-refractivity contribution in [3.63, 3.8) is 0 Å². The molecular weight excluding hydrogens is 164 g/mol. The number of hydrogen-bond acceptors (Lipinski definition) is 2. The van der Waals surface area contributed by atoms with Crippen LogP contribution in [0.4, 0.5) is 0 Å². The van der Waals surface area contributed by atoms with E-state index in [0.717, 1.165) is 11.3 Å². The van der Waals surface area contributed by atoms with Gasteiger partial charge in [-0.2, -0.15) is 0 Å². The molecule has 0 aromatic carbocycles. The molecule has 13 heavy (non-hydrogen) atoms. The molecule has 0 aliphatic heterocycles. The van der Waals surface area contributed by atoms with Crippen molar-refractivity contribution in [2.45, 2.75) is 20.8 Å². The Morgan fingerprint density at radius 1 is 1.23 bits per heavy atom. The van der Waals surface area contributed by atoms with Gasteiger partial charge in [0.15, 0.2) is 0 Å². The summed E-state index contributed by atoms with van der Waals surface area (Å²) in [6.45, 7) is 5.92. The summed E-state index contributed by atoms with van der Waals surface area (Å²) < 4.78 is 1.80. The molecule has 2 heterocycles. The highest BCUT2D eigenvalue weighted by atomic mass is 16.3. The molecule has 0 bridgehead atoms. The topological polar surface area (TPSA) is 37.5 Å². The summed E-state index contributed by atoms with van der Waals surface area (Å²) in [5.41, 5.74) is 1.82. The lowest BCUT2D eigenvalue weighted by Gasteiger charge is -1.92. The number of aryl methyl sites for hydroxylation is 1. The SMILES string of the molecule is CC.Cc1cn2cc(O)ccc2n1. The Morgan fingerprint density at radius 3 is 2.62 bits per heavy atom. The van der Waals surface area contributed by atoms with Gasteiger partial charge in [0.25, 0.3) is 0 Å². The van der Waals surface area contributed by atoms with E-state index in [-0.39, 0.29) is 5.75 Å². The van der Waals surface area contributed by atoms with Crippen LogP contribution in [0, 0.1) is 6.92 Å². The molecule has 0 amide bonds. The lowest BCUT2D eigenvalue weighted by molar-refractivity contribution is 0.472. The van der Waals surface area contributed by atoms with E-state index in [1.54, 1.807) is 22.7 Å². The van der Waals surface area contributed by atoms with Crippen LogP contribution in [0.25, 0.3) is 5.65 Å². The average Bonchev–Trinajstić information content (AvgIpc) is 2.48. The van der Waals surface area contributed by atoms with Crippen molar-refractivity contribution in [1.29, 1.82) is 0 Å². The lowest BCUT2D eigenvalue weighted by Crippen LogP contribution is -1.79. The normalized spacial score (nSPS) is 9.46. The van der Waals surface area contributed by atoms with Crippen LogP contribution in [0.15, 0.2) is 24.5 Å². The van der Waals surface area contributed by atoms with Crippen LogP contribution < -0.4 is 0 Å². The van der Waals surface area contributed by atoms with Gasteiger partial charge >= 0.3 is 0 Å². The Hall–Kier alpha value is -1.51. The Labute approximate surface area is 77.7 Å². The van der Waals surface area contributed by atoms with Crippen molar-refractivity contribution in [2.24, 2.45) is 0 Å². The van der Waals surface area contributed by atoms with Gasteiger partial charge in [-0.1, -0.05) is 13.8 Å². The monoisotopic (exact) mass is 178 g/mol. The van der Waals surface area contributed by atoms with Gasteiger partial charge in [-0.25, -0.2) is 4.98 Å². The fraction of sp³-hybridized carbons (Fsp3) is 0.300. The molecule has 2 aromatic rings. The molecular formula is C10H14N2O. The van der Waals surface area contributed by atoms with Crippen molar-refractivity contribution in [3.8, 4) is 5.75 Å². The molecule has 0 aliphatic carbocycles. The predicted molar refractivity (Wildman–Crippen MR) is 52.9 cm³/mol. The molecule has 3 heteroatoms. The molecule has 2 rings (SSSR count). The summed E-state index contributed by atoms with van der Waals surface area (Å²) in [6, 6.07) is 3.41. The first kappa shape index (κ1) is 9.58. The highest BCUT2D eigenvalue weighted by molar-refractivity contribution is 5.42. The summed E-state index contributed by atoms with van der Waals surface area (Å²) in [4.78, 5) is 4.21. The molecule has 1 N–H and O–H groups in total. The first-order valence-corrected chi connectivity index (χ1v) is 4.40. The van der Waals surface area contributed by atoms with Gasteiger partial charge in [0.05, 0.1) is 11.9 Å². The maximum atomic E-state index is 9.09. The Bertz CT molecular complexity index is 393. The van der Waals surface area contributed by atoms with E-state index in [4.69, 9.17) is 5.11 Å². The van der Waals surface area contributed by atoms with Crippen molar-refractivity contribution >= 4 is 5.65 Å². The molecule has 0 radical (unpaired) electrons.